The molecule has 112 valence electrons. The number of hydrogen-bond donors (Lipinski definition) is 2. The van der Waals surface area contributed by atoms with Gasteiger partial charge in [-0.25, -0.2) is 4.79 Å². The van der Waals surface area contributed by atoms with Gasteiger partial charge in [0.1, 0.15) is 5.75 Å². The number of aryl methyl sites for hydroxylation is 1. The van der Waals surface area contributed by atoms with Gasteiger partial charge in [-0.3, -0.25) is 9.36 Å². The van der Waals surface area contributed by atoms with Crippen molar-refractivity contribution < 1.29 is 9.90 Å². The first-order valence-corrected chi connectivity index (χ1v) is 6.71. The minimum absolute atomic E-state index is 0.0918. The summed E-state index contributed by atoms with van der Waals surface area (Å²) in [5, 5.41) is 9.25. The lowest BCUT2D eigenvalue weighted by molar-refractivity contribution is -0.118. The molecule has 0 spiro atoms. The van der Waals surface area contributed by atoms with Crippen molar-refractivity contribution in [3.05, 3.63) is 46.1 Å². The van der Waals surface area contributed by atoms with Gasteiger partial charge in [0.15, 0.2) is 0 Å². The summed E-state index contributed by atoms with van der Waals surface area (Å²) in [4.78, 5) is 28.1. The van der Waals surface area contributed by atoms with E-state index < -0.39 is 0 Å². The van der Waals surface area contributed by atoms with Crippen LogP contribution in [0.5, 0.6) is 5.75 Å². The molecule has 2 aromatic rings. The zero-order valence-corrected chi connectivity index (χ0v) is 12.4. The highest BCUT2D eigenvalue weighted by Gasteiger charge is 2.13. The third-order valence-corrected chi connectivity index (χ3v) is 3.65. The monoisotopic (exact) mass is 289 g/mol. The van der Waals surface area contributed by atoms with E-state index in [0.717, 1.165) is 11.4 Å². The fraction of sp³-hybridized carbons (Fsp3) is 0.333. The normalized spacial score (nSPS) is 10.6. The highest BCUT2D eigenvalue weighted by Crippen LogP contribution is 2.18. The van der Waals surface area contributed by atoms with Crippen LogP contribution >= 0.6 is 0 Å². The molecular formula is C15H19N3O3. The Hall–Kier alpha value is -2.50. The molecule has 1 aromatic heterocycles. The maximum absolute atomic E-state index is 12.2. The van der Waals surface area contributed by atoms with Crippen molar-refractivity contribution in [1.29, 1.82) is 0 Å². The summed E-state index contributed by atoms with van der Waals surface area (Å²) in [5.41, 5.74) is 2.18. The fourth-order valence-electron chi connectivity index (χ4n) is 2.14. The van der Waals surface area contributed by atoms with Gasteiger partial charge in [0.05, 0.1) is 0 Å². The van der Waals surface area contributed by atoms with Crippen molar-refractivity contribution in [2.24, 2.45) is 0 Å². The molecule has 0 saturated carbocycles. The van der Waals surface area contributed by atoms with Crippen molar-refractivity contribution in [1.82, 2.24) is 9.55 Å². The van der Waals surface area contributed by atoms with Gasteiger partial charge in [0.25, 0.3) is 0 Å². The summed E-state index contributed by atoms with van der Waals surface area (Å²) < 4.78 is 1.57. The Morgan fingerprint density at radius 3 is 2.43 bits per heavy atom. The van der Waals surface area contributed by atoms with Crippen molar-refractivity contribution in [3.63, 3.8) is 0 Å². The molecule has 1 amide bonds. The zero-order chi connectivity index (χ0) is 15.6. The largest absolute Gasteiger partial charge is 0.508 e. The number of H-pyrrole nitrogens is 1. The first-order valence-electron chi connectivity index (χ1n) is 6.71. The van der Waals surface area contributed by atoms with Crippen LogP contribution < -0.4 is 10.6 Å². The summed E-state index contributed by atoms with van der Waals surface area (Å²) in [5.74, 6) is 0.0652. The van der Waals surface area contributed by atoms with Crippen LogP contribution in [0.1, 0.15) is 17.8 Å². The number of phenols is 1. The van der Waals surface area contributed by atoms with Gasteiger partial charge in [-0.05, 0) is 38.1 Å². The minimum atomic E-state index is -0.190. The average molecular weight is 289 g/mol. The molecule has 0 aliphatic carbocycles. The highest BCUT2D eigenvalue weighted by atomic mass is 16.3. The van der Waals surface area contributed by atoms with E-state index in [0.29, 0.717) is 12.2 Å². The molecule has 0 atom stereocenters. The van der Waals surface area contributed by atoms with Crippen LogP contribution in [0.2, 0.25) is 0 Å². The number of nitrogens with zero attached hydrogens (tertiary/aromatic N) is 2. The van der Waals surface area contributed by atoms with Crippen LogP contribution in [0, 0.1) is 13.8 Å². The van der Waals surface area contributed by atoms with Gasteiger partial charge < -0.3 is 15.0 Å². The van der Waals surface area contributed by atoms with Crippen LogP contribution in [-0.2, 0) is 11.3 Å². The standard InChI is InChI=1S/C15H19N3O3/c1-10-11(2)18(15(21)16-10)9-8-14(20)17(3)12-4-6-13(19)7-5-12/h4-7,19H,8-9H2,1-3H3,(H,16,21). The topological polar surface area (TPSA) is 78.3 Å². The van der Waals surface area contributed by atoms with Crippen LogP contribution in [0.3, 0.4) is 0 Å². The summed E-state index contributed by atoms with van der Waals surface area (Å²) >= 11 is 0. The smallest absolute Gasteiger partial charge is 0.325 e. The minimum Gasteiger partial charge on any atom is -0.508 e. The lowest BCUT2D eigenvalue weighted by Gasteiger charge is -2.17. The number of benzene rings is 1. The van der Waals surface area contributed by atoms with E-state index in [2.05, 4.69) is 4.98 Å². The third kappa shape index (κ3) is 3.16. The number of anilines is 1. The number of aromatic hydroxyl groups is 1. The quantitative estimate of drug-likeness (QED) is 0.896. The molecule has 2 rings (SSSR count). The van der Waals surface area contributed by atoms with E-state index in [4.69, 9.17) is 0 Å². The SMILES string of the molecule is Cc1[nH]c(=O)n(CCC(=O)N(C)c2ccc(O)cc2)c1C. The Kier molecular flexibility index (Phi) is 4.16. The number of rotatable bonds is 4. The first-order chi connectivity index (χ1) is 9.90. The van der Waals surface area contributed by atoms with Gasteiger partial charge >= 0.3 is 5.69 Å². The average Bonchev–Trinajstić information content (AvgIpc) is 2.70. The number of imidazole rings is 1. The Labute approximate surface area is 122 Å². The molecule has 21 heavy (non-hydrogen) atoms. The predicted octanol–water partition coefficient (Wildman–Crippen LogP) is 1.55. The maximum Gasteiger partial charge on any atom is 0.325 e. The van der Waals surface area contributed by atoms with E-state index in [-0.39, 0.29) is 23.8 Å². The van der Waals surface area contributed by atoms with E-state index in [1.165, 1.54) is 17.0 Å². The molecule has 1 aromatic carbocycles. The van der Waals surface area contributed by atoms with Crippen molar-refractivity contribution in [3.8, 4) is 5.75 Å². The van der Waals surface area contributed by atoms with Crippen LogP contribution in [-0.4, -0.2) is 27.6 Å². The number of nitrogens with one attached hydrogen (secondary N) is 1. The number of hydrogen-bond acceptors (Lipinski definition) is 3. The molecule has 1 heterocycles. The zero-order valence-electron chi connectivity index (χ0n) is 12.4. The van der Waals surface area contributed by atoms with E-state index >= 15 is 0 Å². The van der Waals surface area contributed by atoms with Crippen molar-refractivity contribution in [2.75, 3.05) is 11.9 Å². The molecule has 0 radical (unpaired) electrons. The summed E-state index contributed by atoms with van der Waals surface area (Å²) in [6, 6.07) is 6.41. The fourth-order valence-corrected chi connectivity index (χ4v) is 2.14. The number of carbonyl (C=O) groups excluding carboxylic acids is 1. The molecule has 2 N–H and O–H groups in total. The lowest BCUT2D eigenvalue weighted by atomic mass is 10.2. The Morgan fingerprint density at radius 1 is 1.29 bits per heavy atom. The third-order valence-electron chi connectivity index (χ3n) is 3.65. The van der Waals surface area contributed by atoms with Gasteiger partial charge in [0, 0.05) is 37.1 Å². The van der Waals surface area contributed by atoms with E-state index in [9.17, 15) is 14.7 Å². The van der Waals surface area contributed by atoms with Crippen LogP contribution in [0.25, 0.3) is 0 Å². The molecule has 0 fully saturated rings. The highest BCUT2D eigenvalue weighted by molar-refractivity contribution is 5.92. The van der Waals surface area contributed by atoms with Gasteiger partial charge in [0.2, 0.25) is 5.91 Å². The van der Waals surface area contributed by atoms with Gasteiger partial charge in [-0.1, -0.05) is 0 Å². The molecule has 6 nitrogen and oxygen atoms in total. The van der Waals surface area contributed by atoms with Gasteiger partial charge in [-0.2, -0.15) is 0 Å². The molecule has 6 heteroatoms. The van der Waals surface area contributed by atoms with Crippen molar-refractivity contribution >= 4 is 11.6 Å². The second-order valence-electron chi connectivity index (χ2n) is 5.01. The van der Waals surface area contributed by atoms with Crippen LogP contribution in [0.15, 0.2) is 29.1 Å². The van der Waals surface area contributed by atoms with E-state index in [1.54, 1.807) is 23.7 Å². The van der Waals surface area contributed by atoms with E-state index in [1.807, 2.05) is 13.8 Å². The number of aromatic nitrogens is 2. The number of carbonyl (C=O) groups is 1. The molecule has 0 aliphatic rings. The Balaban J connectivity index is 2.04. The number of phenolic OH excluding ortho intramolecular Hbond substituents is 1. The van der Waals surface area contributed by atoms with Crippen LogP contribution in [0.4, 0.5) is 5.69 Å². The molecule has 0 aliphatic heterocycles. The first kappa shape index (κ1) is 14.9. The molecule has 0 saturated heterocycles. The Morgan fingerprint density at radius 2 is 1.90 bits per heavy atom. The summed E-state index contributed by atoms with van der Waals surface area (Å²) in [7, 11) is 1.67. The second kappa shape index (κ2) is 5.87. The number of amides is 1. The maximum atomic E-state index is 12.2. The molecular weight excluding hydrogens is 270 g/mol. The molecule has 0 unspecified atom stereocenters. The summed E-state index contributed by atoms with van der Waals surface area (Å²) in [6.07, 6.45) is 0.232. The molecule has 0 bridgehead atoms. The van der Waals surface area contributed by atoms with Gasteiger partial charge in [-0.15, -0.1) is 0 Å². The number of aromatic amines is 1. The Bertz CT molecular complexity index is 698. The van der Waals surface area contributed by atoms with Crippen molar-refractivity contribution in [2.45, 2.75) is 26.8 Å². The second-order valence-corrected chi connectivity index (χ2v) is 5.01. The predicted molar refractivity (Wildman–Crippen MR) is 80.7 cm³/mol. The lowest BCUT2D eigenvalue weighted by Crippen LogP contribution is -2.29. The summed E-state index contributed by atoms with van der Waals surface area (Å²) in [6.45, 7) is 4.02.